The highest BCUT2D eigenvalue weighted by Crippen LogP contribution is 2.30. The fourth-order valence-corrected chi connectivity index (χ4v) is 5.22. The molecule has 2 aromatic carbocycles. The van der Waals surface area contributed by atoms with E-state index in [1.165, 1.54) is 28.8 Å². The lowest BCUT2D eigenvalue weighted by atomic mass is 10.2. The Kier molecular flexibility index (Phi) is 7.00. The highest BCUT2D eigenvalue weighted by Gasteiger charge is 2.27. The van der Waals surface area contributed by atoms with Crippen LogP contribution in [0.4, 0.5) is 5.69 Å². The minimum Gasteiger partial charge on any atom is -0.492 e. The van der Waals surface area contributed by atoms with Crippen molar-refractivity contribution in [1.29, 1.82) is 0 Å². The van der Waals surface area contributed by atoms with E-state index in [9.17, 15) is 13.2 Å². The number of hydrogen-bond donors (Lipinski definition) is 1. The number of nitrogens with one attached hydrogen (secondary N) is 1. The van der Waals surface area contributed by atoms with Crippen LogP contribution in [0.25, 0.3) is 11.4 Å². The molecule has 8 nitrogen and oxygen atoms in total. The van der Waals surface area contributed by atoms with Gasteiger partial charge in [0.25, 0.3) is 5.91 Å². The lowest BCUT2D eigenvalue weighted by Crippen LogP contribution is -2.35. The maximum absolute atomic E-state index is 13.1. The Bertz CT molecular complexity index is 1210. The van der Waals surface area contributed by atoms with Crippen LogP contribution in [0.5, 0.6) is 5.75 Å². The van der Waals surface area contributed by atoms with E-state index in [1.807, 2.05) is 37.3 Å². The van der Waals surface area contributed by atoms with Crippen molar-refractivity contribution in [1.82, 2.24) is 14.3 Å². The lowest BCUT2D eigenvalue weighted by molar-refractivity contribution is 0.102. The van der Waals surface area contributed by atoms with E-state index < -0.39 is 15.9 Å². The molecular weight excluding hydrogens is 440 g/mol. The number of amides is 1. The first kappa shape index (κ1) is 22.9. The third-order valence-electron chi connectivity index (χ3n) is 5.40. The smallest absolute Gasteiger partial charge is 0.258 e. The van der Waals surface area contributed by atoms with E-state index in [4.69, 9.17) is 4.74 Å². The van der Waals surface area contributed by atoms with Crippen LogP contribution in [0, 0.1) is 0 Å². The molecule has 9 heteroatoms. The van der Waals surface area contributed by atoms with Crippen molar-refractivity contribution < 1.29 is 17.9 Å². The molecule has 1 aliphatic rings. The van der Waals surface area contributed by atoms with Crippen molar-refractivity contribution in [3.8, 4) is 17.1 Å². The second-order valence-electron chi connectivity index (χ2n) is 7.67. The predicted octanol–water partition coefficient (Wildman–Crippen LogP) is 3.97. The minimum absolute atomic E-state index is 0.124. The summed E-state index contributed by atoms with van der Waals surface area (Å²) in [4.78, 5) is 21.6. The predicted molar refractivity (Wildman–Crippen MR) is 126 cm³/mol. The van der Waals surface area contributed by atoms with Crippen LogP contribution in [0.15, 0.2) is 65.8 Å². The molecule has 33 heavy (non-hydrogen) atoms. The molecule has 2 heterocycles. The number of carbonyl (C=O) groups is 1. The van der Waals surface area contributed by atoms with E-state index in [1.54, 1.807) is 6.07 Å². The highest BCUT2D eigenvalue weighted by molar-refractivity contribution is 7.89. The summed E-state index contributed by atoms with van der Waals surface area (Å²) in [6.45, 7) is 3.20. The SMILES string of the molecule is CCOc1ccc(S(=O)(=O)N2CCCCC2)cc1NC(=O)c1cnc(-c2ccccc2)nc1. The van der Waals surface area contributed by atoms with E-state index in [2.05, 4.69) is 15.3 Å². The number of hydrogen-bond acceptors (Lipinski definition) is 6. The lowest BCUT2D eigenvalue weighted by Gasteiger charge is -2.26. The summed E-state index contributed by atoms with van der Waals surface area (Å²) in [7, 11) is -3.65. The van der Waals surface area contributed by atoms with Crippen molar-refractivity contribution in [3.63, 3.8) is 0 Å². The first-order chi connectivity index (χ1) is 16.0. The van der Waals surface area contributed by atoms with E-state index in [0.29, 0.717) is 31.3 Å². The Morgan fingerprint density at radius 1 is 1.03 bits per heavy atom. The molecule has 1 N–H and O–H groups in total. The second-order valence-corrected chi connectivity index (χ2v) is 9.61. The zero-order valence-corrected chi connectivity index (χ0v) is 19.2. The van der Waals surface area contributed by atoms with Crippen LogP contribution < -0.4 is 10.1 Å². The fourth-order valence-electron chi connectivity index (χ4n) is 3.68. The summed E-state index contributed by atoms with van der Waals surface area (Å²) in [5.74, 6) is 0.449. The summed E-state index contributed by atoms with van der Waals surface area (Å²) in [5.41, 5.74) is 1.38. The first-order valence-electron chi connectivity index (χ1n) is 10.9. The van der Waals surface area contributed by atoms with Crippen LogP contribution in [0.2, 0.25) is 0 Å². The summed E-state index contributed by atoms with van der Waals surface area (Å²) in [6, 6.07) is 14.0. The molecule has 4 rings (SSSR count). The number of sulfonamides is 1. The summed E-state index contributed by atoms with van der Waals surface area (Å²) in [6.07, 6.45) is 5.61. The molecule has 0 saturated carbocycles. The Morgan fingerprint density at radius 3 is 2.39 bits per heavy atom. The highest BCUT2D eigenvalue weighted by atomic mass is 32.2. The van der Waals surface area contributed by atoms with Gasteiger partial charge in [0.1, 0.15) is 5.75 Å². The number of benzene rings is 2. The molecule has 0 unspecified atom stereocenters. The van der Waals surface area contributed by atoms with Gasteiger partial charge < -0.3 is 10.1 Å². The average Bonchev–Trinajstić information content (AvgIpc) is 2.86. The van der Waals surface area contributed by atoms with Gasteiger partial charge in [0.15, 0.2) is 5.82 Å². The molecule has 0 bridgehead atoms. The standard InChI is InChI=1S/C24H26N4O4S/c1-2-32-22-12-11-20(33(30,31)28-13-7-4-8-14-28)15-21(22)27-24(29)19-16-25-23(26-17-19)18-9-5-3-6-10-18/h3,5-6,9-12,15-17H,2,4,7-8,13-14H2,1H3,(H,27,29). The molecule has 3 aromatic rings. The van der Waals surface area contributed by atoms with E-state index in [-0.39, 0.29) is 16.1 Å². The molecule has 1 fully saturated rings. The third kappa shape index (κ3) is 5.20. The van der Waals surface area contributed by atoms with Crippen molar-refractivity contribution >= 4 is 21.6 Å². The monoisotopic (exact) mass is 466 g/mol. The molecule has 0 spiro atoms. The molecule has 1 aliphatic heterocycles. The van der Waals surface area contributed by atoms with Crippen LogP contribution in [0.3, 0.4) is 0 Å². The summed E-state index contributed by atoms with van der Waals surface area (Å²) >= 11 is 0. The summed E-state index contributed by atoms with van der Waals surface area (Å²) in [5, 5.41) is 2.76. The van der Waals surface area contributed by atoms with Gasteiger partial charge in [0.05, 0.1) is 22.8 Å². The van der Waals surface area contributed by atoms with Crippen molar-refractivity contribution in [2.45, 2.75) is 31.1 Å². The van der Waals surface area contributed by atoms with Gasteiger partial charge in [0.2, 0.25) is 10.0 Å². The van der Waals surface area contributed by atoms with E-state index in [0.717, 1.165) is 24.8 Å². The molecule has 1 aromatic heterocycles. The molecule has 172 valence electrons. The Balaban J connectivity index is 1.58. The second kappa shape index (κ2) is 10.1. The van der Waals surface area contributed by atoms with Gasteiger partial charge in [-0.05, 0) is 38.0 Å². The van der Waals surface area contributed by atoms with Gasteiger partial charge in [-0.2, -0.15) is 4.31 Å². The Morgan fingerprint density at radius 2 is 1.73 bits per heavy atom. The molecule has 1 saturated heterocycles. The average molecular weight is 467 g/mol. The quantitative estimate of drug-likeness (QED) is 0.565. The maximum atomic E-state index is 13.1. The van der Waals surface area contributed by atoms with Crippen LogP contribution in [-0.2, 0) is 10.0 Å². The van der Waals surface area contributed by atoms with Gasteiger partial charge in [0, 0.05) is 31.0 Å². The van der Waals surface area contributed by atoms with Gasteiger partial charge in [-0.3, -0.25) is 4.79 Å². The van der Waals surface area contributed by atoms with Crippen molar-refractivity contribution in [2.24, 2.45) is 0 Å². The van der Waals surface area contributed by atoms with Crippen molar-refractivity contribution in [3.05, 3.63) is 66.5 Å². The molecule has 0 radical (unpaired) electrons. The molecule has 0 aliphatic carbocycles. The topological polar surface area (TPSA) is 101 Å². The van der Waals surface area contributed by atoms with Gasteiger partial charge in [-0.15, -0.1) is 0 Å². The maximum Gasteiger partial charge on any atom is 0.258 e. The number of ether oxygens (including phenoxy) is 1. The van der Waals surface area contributed by atoms with E-state index >= 15 is 0 Å². The fraction of sp³-hybridized carbons (Fsp3) is 0.292. The first-order valence-corrected chi connectivity index (χ1v) is 12.4. The number of piperidine rings is 1. The number of aromatic nitrogens is 2. The van der Waals surface area contributed by atoms with Gasteiger partial charge in [-0.1, -0.05) is 36.8 Å². The molecule has 1 amide bonds. The Labute approximate surface area is 193 Å². The van der Waals surface area contributed by atoms with Crippen molar-refractivity contribution in [2.75, 3.05) is 25.0 Å². The minimum atomic E-state index is -3.65. The Hall–Kier alpha value is -3.30. The number of anilines is 1. The number of nitrogens with zero attached hydrogens (tertiary/aromatic N) is 3. The largest absolute Gasteiger partial charge is 0.492 e. The van der Waals surface area contributed by atoms with Crippen LogP contribution in [0.1, 0.15) is 36.5 Å². The van der Waals surface area contributed by atoms with Crippen LogP contribution >= 0.6 is 0 Å². The molecular formula is C24H26N4O4S. The third-order valence-corrected chi connectivity index (χ3v) is 7.29. The zero-order chi connectivity index (χ0) is 23.3. The molecule has 0 atom stereocenters. The normalized spacial score (nSPS) is 14.6. The number of rotatable bonds is 7. The zero-order valence-electron chi connectivity index (χ0n) is 18.4. The summed E-state index contributed by atoms with van der Waals surface area (Å²) < 4.78 is 33.3. The number of carbonyl (C=O) groups excluding carboxylic acids is 1. The van der Waals surface area contributed by atoms with Gasteiger partial charge >= 0.3 is 0 Å². The van der Waals surface area contributed by atoms with Gasteiger partial charge in [-0.25, -0.2) is 18.4 Å². The van der Waals surface area contributed by atoms with Crippen LogP contribution in [-0.4, -0.2) is 48.3 Å².